The molecule has 0 radical (unpaired) electrons. The van der Waals surface area contributed by atoms with E-state index in [9.17, 15) is 4.79 Å². The molecular weight excluding hydrogens is 400 g/mol. The molecule has 0 saturated heterocycles. The minimum Gasteiger partial charge on any atom is -0.496 e. The van der Waals surface area contributed by atoms with Gasteiger partial charge in [0, 0.05) is 0 Å². The van der Waals surface area contributed by atoms with Crippen LogP contribution in [0.25, 0.3) is 33.0 Å². The second-order valence-corrected chi connectivity index (χ2v) is 7.76. The van der Waals surface area contributed by atoms with E-state index in [1.165, 1.54) is 0 Å². The van der Waals surface area contributed by atoms with Crippen molar-refractivity contribution in [1.29, 1.82) is 0 Å². The third-order valence-electron chi connectivity index (χ3n) is 5.92. The molecule has 4 aromatic rings. The fraction of sp³-hybridized carbons (Fsp3) is 0.179. The lowest BCUT2D eigenvalue weighted by Gasteiger charge is -2.18. The summed E-state index contributed by atoms with van der Waals surface area (Å²) in [5.41, 5.74) is 6.90. The van der Waals surface area contributed by atoms with Crippen molar-refractivity contribution in [2.45, 2.75) is 13.8 Å². The van der Waals surface area contributed by atoms with Crippen LogP contribution in [0.4, 0.5) is 0 Å². The second-order valence-electron chi connectivity index (χ2n) is 7.76. The summed E-state index contributed by atoms with van der Waals surface area (Å²) in [6, 6.07) is 20.4. The molecule has 0 aliphatic carbocycles. The number of carbonyl (C=O) groups is 1. The first-order valence-electron chi connectivity index (χ1n) is 10.4. The molecule has 0 heterocycles. The molecule has 0 N–H and O–H groups in total. The largest absolute Gasteiger partial charge is 0.496 e. The molecule has 4 nitrogen and oxygen atoms in total. The molecule has 162 valence electrons. The van der Waals surface area contributed by atoms with Gasteiger partial charge in [-0.15, -0.1) is 0 Å². The number of aldehydes is 1. The molecule has 0 aromatic heterocycles. The Labute approximate surface area is 188 Å². The number of carbonyl (C=O) groups excluding carboxylic acids is 1. The van der Waals surface area contributed by atoms with Crippen molar-refractivity contribution < 1.29 is 19.0 Å². The van der Waals surface area contributed by atoms with Crippen LogP contribution in [0.1, 0.15) is 21.5 Å². The van der Waals surface area contributed by atoms with Crippen LogP contribution in [0.3, 0.4) is 0 Å². The summed E-state index contributed by atoms with van der Waals surface area (Å²) in [5.74, 6) is 1.97. The maximum absolute atomic E-state index is 11.7. The number of benzene rings is 4. The second kappa shape index (κ2) is 8.75. The molecule has 0 bridgehead atoms. The van der Waals surface area contributed by atoms with Crippen LogP contribution in [0.15, 0.2) is 60.7 Å². The summed E-state index contributed by atoms with van der Waals surface area (Å²) in [6.07, 6.45) is 0.840. The lowest BCUT2D eigenvalue weighted by atomic mass is 9.88. The van der Waals surface area contributed by atoms with Gasteiger partial charge in [-0.3, -0.25) is 4.79 Å². The normalized spacial score (nSPS) is 10.8. The van der Waals surface area contributed by atoms with Gasteiger partial charge in [0.05, 0.1) is 26.9 Å². The lowest BCUT2D eigenvalue weighted by Crippen LogP contribution is -1.96. The maximum Gasteiger partial charge on any atom is 0.161 e. The van der Waals surface area contributed by atoms with E-state index in [0.29, 0.717) is 22.8 Å². The average molecular weight is 427 g/mol. The van der Waals surface area contributed by atoms with Gasteiger partial charge in [0.25, 0.3) is 0 Å². The van der Waals surface area contributed by atoms with Crippen LogP contribution < -0.4 is 14.2 Å². The fourth-order valence-corrected chi connectivity index (χ4v) is 4.32. The highest BCUT2D eigenvalue weighted by atomic mass is 16.5. The van der Waals surface area contributed by atoms with Gasteiger partial charge < -0.3 is 14.2 Å². The number of ether oxygens (including phenoxy) is 3. The SMILES string of the molecule is COc1cc(C)c(-c2cccc3cccc(-c4cc(OC)c(OC)cc4C)c23)cc1C=O. The Balaban J connectivity index is 2.06. The third kappa shape index (κ3) is 3.58. The molecule has 0 spiro atoms. The van der Waals surface area contributed by atoms with Crippen molar-refractivity contribution in [3.05, 3.63) is 77.4 Å². The summed E-state index contributed by atoms with van der Waals surface area (Å²) < 4.78 is 16.5. The quantitative estimate of drug-likeness (QED) is 0.325. The molecule has 4 rings (SSSR count). The van der Waals surface area contributed by atoms with Crippen molar-refractivity contribution in [3.63, 3.8) is 0 Å². The van der Waals surface area contributed by atoms with Gasteiger partial charge in [-0.25, -0.2) is 0 Å². The van der Waals surface area contributed by atoms with E-state index in [1.54, 1.807) is 21.3 Å². The molecule has 0 aliphatic rings. The van der Waals surface area contributed by atoms with Crippen molar-refractivity contribution >= 4 is 17.1 Å². The molecule has 4 aromatic carbocycles. The van der Waals surface area contributed by atoms with Crippen molar-refractivity contribution in [2.24, 2.45) is 0 Å². The number of fused-ring (bicyclic) bond motifs is 1. The van der Waals surface area contributed by atoms with E-state index in [4.69, 9.17) is 14.2 Å². The Bertz CT molecular complexity index is 1320. The first kappa shape index (κ1) is 21.4. The average Bonchev–Trinajstić information content (AvgIpc) is 2.82. The van der Waals surface area contributed by atoms with Crippen molar-refractivity contribution in [3.8, 4) is 39.5 Å². The van der Waals surface area contributed by atoms with Gasteiger partial charge in [-0.2, -0.15) is 0 Å². The number of methoxy groups -OCH3 is 3. The zero-order valence-electron chi connectivity index (χ0n) is 19.0. The Morgan fingerprint density at radius 2 is 1.12 bits per heavy atom. The smallest absolute Gasteiger partial charge is 0.161 e. The third-order valence-corrected chi connectivity index (χ3v) is 5.92. The number of hydrogen-bond donors (Lipinski definition) is 0. The minimum atomic E-state index is 0.532. The predicted molar refractivity (Wildman–Crippen MR) is 129 cm³/mol. The summed E-state index contributed by atoms with van der Waals surface area (Å²) in [7, 11) is 4.87. The van der Waals surface area contributed by atoms with Gasteiger partial charge in [-0.05, 0) is 82.3 Å². The van der Waals surface area contributed by atoms with E-state index in [2.05, 4.69) is 37.3 Å². The van der Waals surface area contributed by atoms with Crippen molar-refractivity contribution in [1.82, 2.24) is 0 Å². The molecule has 32 heavy (non-hydrogen) atoms. The summed E-state index contributed by atoms with van der Waals surface area (Å²) in [5, 5.41) is 2.24. The Morgan fingerprint density at radius 1 is 0.625 bits per heavy atom. The Kier molecular flexibility index (Phi) is 5.87. The standard InChI is InChI=1S/C28H26O4/c1-17-12-25(30-3)20(16-29)14-23(17)21-10-6-8-19-9-7-11-22(28(19)21)24-15-27(32-5)26(31-4)13-18(24)2/h6-16H,1-5H3. The van der Waals surface area contributed by atoms with Crippen LogP contribution in [0, 0.1) is 13.8 Å². The van der Waals surface area contributed by atoms with E-state index < -0.39 is 0 Å². The summed E-state index contributed by atoms with van der Waals surface area (Å²) in [4.78, 5) is 11.7. The van der Waals surface area contributed by atoms with Gasteiger partial charge in [0.2, 0.25) is 0 Å². The number of rotatable bonds is 6. The maximum atomic E-state index is 11.7. The molecule has 0 amide bonds. The minimum absolute atomic E-state index is 0.532. The van der Waals surface area contributed by atoms with Gasteiger partial charge in [-0.1, -0.05) is 36.4 Å². The highest BCUT2D eigenvalue weighted by molar-refractivity contribution is 6.07. The van der Waals surface area contributed by atoms with Crippen LogP contribution in [0.5, 0.6) is 17.2 Å². The molecule has 0 aliphatic heterocycles. The summed E-state index contributed by atoms with van der Waals surface area (Å²) in [6.45, 7) is 4.11. The van der Waals surface area contributed by atoms with Crippen molar-refractivity contribution in [2.75, 3.05) is 21.3 Å². The van der Waals surface area contributed by atoms with E-state index in [-0.39, 0.29) is 0 Å². The van der Waals surface area contributed by atoms with Crippen LogP contribution in [-0.2, 0) is 0 Å². The van der Waals surface area contributed by atoms with Gasteiger partial charge >= 0.3 is 0 Å². The topological polar surface area (TPSA) is 44.8 Å². The predicted octanol–water partition coefficient (Wildman–Crippen LogP) is 6.63. The molecule has 0 unspecified atom stereocenters. The van der Waals surface area contributed by atoms with Gasteiger partial charge in [0.1, 0.15) is 5.75 Å². The monoisotopic (exact) mass is 426 g/mol. The van der Waals surface area contributed by atoms with E-state index in [0.717, 1.165) is 50.4 Å². The van der Waals surface area contributed by atoms with Crippen LogP contribution in [0.2, 0.25) is 0 Å². The fourth-order valence-electron chi connectivity index (χ4n) is 4.32. The zero-order chi connectivity index (χ0) is 22.8. The first-order chi connectivity index (χ1) is 15.5. The molecule has 4 heteroatoms. The molecular formula is C28H26O4. The molecule has 0 saturated carbocycles. The number of hydrogen-bond acceptors (Lipinski definition) is 4. The zero-order valence-corrected chi connectivity index (χ0v) is 19.0. The van der Waals surface area contributed by atoms with E-state index >= 15 is 0 Å². The Morgan fingerprint density at radius 3 is 1.66 bits per heavy atom. The molecule has 0 fully saturated rings. The number of aryl methyl sites for hydroxylation is 2. The Hall–Kier alpha value is -3.79. The molecule has 0 atom stereocenters. The van der Waals surface area contributed by atoms with Crippen LogP contribution >= 0.6 is 0 Å². The first-order valence-corrected chi connectivity index (χ1v) is 10.4. The van der Waals surface area contributed by atoms with Gasteiger partial charge in [0.15, 0.2) is 17.8 Å². The lowest BCUT2D eigenvalue weighted by molar-refractivity contribution is 0.112. The van der Waals surface area contributed by atoms with E-state index in [1.807, 2.05) is 37.3 Å². The highest BCUT2D eigenvalue weighted by Crippen LogP contribution is 2.42. The highest BCUT2D eigenvalue weighted by Gasteiger charge is 2.17. The summed E-state index contributed by atoms with van der Waals surface area (Å²) >= 11 is 0. The van der Waals surface area contributed by atoms with Crippen LogP contribution in [-0.4, -0.2) is 27.6 Å².